The summed E-state index contributed by atoms with van der Waals surface area (Å²) in [7, 11) is 6.57. The van der Waals surface area contributed by atoms with Gasteiger partial charge in [-0.05, 0) is 37.5 Å². The topological polar surface area (TPSA) is 21.7 Å². The molecule has 25 heavy (non-hydrogen) atoms. The van der Waals surface area contributed by atoms with Crippen LogP contribution < -0.4 is 10.0 Å². The summed E-state index contributed by atoms with van der Waals surface area (Å²) < 4.78 is 10.9. The van der Waals surface area contributed by atoms with E-state index in [9.17, 15) is 0 Å². The van der Waals surface area contributed by atoms with Gasteiger partial charge in [0, 0.05) is 24.4 Å². The molecule has 0 saturated heterocycles. The number of benzene rings is 2. The second-order valence-electron chi connectivity index (χ2n) is 6.75. The van der Waals surface area contributed by atoms with Gasteiger partial charge >= 0.3 is 0 Å². The molecule has 3 nitrogen and oxygen atoms in total. The molecule has 136 valence electrons. The fraction of sp³-hybridized carbons (Fsp3) is 0.429. The molecule has 0 fully saturated rings. The van der Waals surface area contributed by atoms with Crippen LogP contribution >= 0.6 is 8.58 Å². The van der Waals surface area contributed by atoms with Gasteiger partial charge in [0.15, 0.2) is 6.79 Å². The van der Waals surface area contributed by atoms with Crippen molar-refractivity contribution in [1.82, 2.24) is 4.90 Å². The Bertz CT molecular complexity index is 674. The predicted octanol–water partition coefficient (Wildman–Crippen LogP) is 4.36. The van der Waals surface area contributed by atoms with Gasteiger partial charge in [-0.25, -0.2) is 0 Å². The molecule has 4 heteroatoms. The van der Waals surface area contributed by atoms with Gasteiger partial charge < -0.3 is 14.4 Å². The van der Waals surface area contributed by atoms with Crippen molar-refractivity contribution in [3.63, 3.8) is 0 Å². The van der Waals surface area contributed by atoms with Crippen LogP contribution in [0.1, 0.15) is 31.4 Å². The lowest BCUT2D eigenvalue weighted by Gasteiger charge is -2.32. The van der Waals surface area contributed by atoms with Crippen LogP contribution in [-0.4, -0.2) is 32.9 Å². The zero-order valence-corrected chi connectivity index (χ0v) is 17.0. The molecule has 0 heterocycles. The Morgan fingerprint density at radius 3 is 2.40 bits per heavy atom. The summed E-state index contributed by atoms with van der Waals surface area (Å²) in [6.07, 6.45) is 1.05. The van der Waals surface area contributed by atoms with Crippen LogP contribution in [0.2, 0.25) is 0 Å². The van der Waals surface area contributed by atoms with Gasteiger partial charge in [0.25, 0.3) is 0 Å². The third-order valence-corrected chi connectivity index (χ3v) is 6.37. The van der Waals surface area contributed by atoms with E-state index in [1.165, 1.54) is 16.4 Å². The fourth-order valence-corrected chi connectivity index (χ4v) is 4.55. The molecule has 0 spiro atoms. The summed E-state index contributed by atoms with van der Waals surface area (Å²) in [6, 6.07) is 17.1. The SMILES string of the molecule is CCC(C)(Pc1ccccc1CN(C)C)c1ccccc1OCOC. The average molecular weight is 359 g/mol. The standard InChI is InChI=1S/C21H30NO2P/c1-6-21(2,18-12-8-9-13-19(18)24-16-23-5)25-20-14-10-7-11-17(20)15-22(3)4/h7-14,25H,6,15-16H2,1-5H3. The summed E-state index contributed by atoms with van der Waals surface area (Å²) in [4.78, 5) is 2.22. The highest BCUT2D eigenvalue weighted by atomic mass is 31.1. The van der Waals surface area contributed by atoms with Crippen LogP contribution in [0.25, 0.3) is 0 Å². The predicted molar refractivity (Wildman–Crippen MR) is 108 cm³/mol. The first-order chi connectivity index (χ1) is 12.0. The molecule has 2 aromatic carbocycles. The first kappa shape index (κ1) is 19.9. The fourth-order valence-electron chi connectivity index (χ4n) is 2.93. The Morgan fingerprint density at radius 1 is 1.04 bits per heavy atom. The van der Waals surface area contributed by atoms with E-state index in [-0.39, 0.29) is 11.9 Å². The molecular formula is C21H30NO2P. The molecule has 0 radical (unpaired) electrons. The monoisotopic (exact) mass is 359 g/mol. The molecule has 0 N–H and O–H groups in total. The van der Waals surface area contributed by atoms with Crippen molar-refractivity contribution in [2.45, 2.75) is 32.0 Å². The maximum atomic E-state index is 5.84. The Labute approximate surface area is 154 Å². The van der Waals surface area contributed by atoms with E-state index in [1.807, 2.05) is 12.1 Å². The normalized spacial score (nSPS) is 14.2. The minimum Gasteiger partial charge on any atom is -0.467 e. The van der Waals surface area contributed by atoms with Gasteiger partial charge in [0.2, 0.25) is 0 Å². The lowest BCUT2D eigenvalue weighted by atomic mass is 9.96. The van der Waals surface area contributed by atoms with Gasteiger partial charge in [-0.1, -0.05) is 64.9 Å². The van der Waals surface area contributed by atoms with Crippen LogP contribution in [0.5, 0.6) is 5.75 Å². The third-order valence-electron chi connectivity index (χ3n) is 4.44. The number of para-hydroxylation sites is 1. The van der Waals surface area contributed by atoms with E-state index in [4.69, 9.17) is 9.47 Å². The third kappa shape index (κ3) is 5.28. The number of ether oxygens (including phenoxy) is 2. The second kappa shape index (κ2) is 9.33. The lowest BCUT2D eigenvalue weighted by molar-refractivity contribution is 0.0500. The Hall–Kier alpha value is -1.41. The summed E-state index contributed by atoms with van der Waals surface area (Å²) >= 11 is 0. The highest BCUT2D eigenvalue weighted by Crippen LogP contribution is 2.47. The zero-order valence-electron chi connectivity index (χ0n) is 16.0. The van der Waals surface area contributed by atoms with Crippen molar-refractivity contribution in [3.8, 4) is 5.75 Å². The number of rotatable bonds is 9. The van der Waals surface area contributed by atoms with Crippen LogP contribution in [-0.2, 0) is 16.4 Å². The molecule has 2 rings (SSSR count). The van der Waals surface area contributed by atoms with Crippen LogP contribution in [0.3, 0.4) is 0 Å². The zero-order chi connectivity index (χ0) is 18.3. The maximum Gasteiger partial charge on any atom is 0.188 e. The number of hydrogen-bond donors (Lipinski definition) is 0. The summed E-state index contributed by atoms with van der Waals surface area (Å²) in [5.74, 6) is 0.922. The number of methoxy groups -OCH3 is 1. The van der Waals surface area contributed by atoms with E-state index < -0.39 is 0 Å². The van der Waals surface area contributed by atoms with Gasteiger partial charge in [-0.2, -0.15) is 0 Å². The minimum atomic E-state index is 0.0345. The van der Waals surface area contributed by atoms with Gasteiger partial charge in [0.1, 0.15) is 5.75 Å². The van der Waals surface area contributed by atoms with Crippen molar-refractivity contribution in [2.24, 2.45) is 0 Å². The summed E-state index contributed by atoms with van der Waals surface area (Å²) in [5.41, 5.74) is 2.66. The molecule has 0 amide bonds. The van der Waals surface area contributed by atoms with E-state index in [1.54, 1.807) is 7.11 Å². The van der Waals surface area contributed by atoms with E-state index in [2.05, 4.69) is 69.2 Å². The van der Waals surface area contributed by atoms with Gasteiger partial charge in [0.05, 0.1) is 0 Å². The number of hydrogen-bond acceptors (Lipinski definition) is 3. The van der Waals surface area contributed by atoms with E-state index in [0.717, 1.165) is 18.7 Å². The number of nitrogens with zero attached hydrogens (tertiary/aromatic N) is 1. The second-order valence-corrected chi connectivity index (χ2v) is 8.64. The Morgan fingerprint density at radius 2 is 1.72 bits per heavy atom. The molecule has 0 aliphatic carbocycles. The first-order valence-corrected chi connectivity index (χ1v) is 9.72. The van der Waals surface area contributed by atoms with Crippen molar-refractivity contribution < 1.29 is 9.47 Å². The Balaban J connectivity index is 2.36. The highest BCUT2D eigenvalue weighted by molar-refractivity contribution is 7.48. The molecule has 0 aromatic heterocycles. The van der Waals surface area contributed by atoms with Crippen molar-refractivity contribution in [3.05, 3.63) is 59.7 Å². The largest absolute Gasteiger partial charge is 0.467 e. The highest BCUT2D eigenvalue weighted by Gasteiger charge is 2.29. The first-order valence-electron chi connectivity index (χ1n) is 8.72. The molecule has 0 saturated carbocycles. The van der Waals surface area contributed by atoms with Crippen LogP contribution in [0, 0.1) is 0 Å². The quantitative estimate of drug-likeness (QED) is 0.490. The molecule has 2 atom stereocenters. The smallest absolute Gasteiger partial charge is 0.188 e. The maximum absolute atomic E-state index is 5.84. The molecule has 0 bridgehead atoms. The average Bonchev–Trinajstić information content (AvgIpc) is 2.61. The van der Waals surface area contributed by atoms with E-state index >= 15 is 0 Å². The molecule has 2 unspecified atom stereocenters. The lowest BCUT2D eigenvalue weighted by Crippen LogP contribution is -2.23. The van der Waals surface area contributed by atoms with Crippen LogP contribution in [0.15, 0.2) is 48.5 Å². The van der Waals surface area contributed by atoms with Gasteiger partial charge in [-0.15, -0.1) is 0 Å². The van der Waals surface area contributed by atoms with Crippen molar-refractivity contribution in [1.29, 1.82) is 0 Å². The van der Waals surface area contributed by atoms with Gasteiger partial charge in [-0.3, -0.25) is 0 Å². The minimum absolute atomic E-state index is 0.0345. The Kier molecular flexibility index (Phi) is 7.43. The van der Waals surface area contributed by atoms with Crippen molar-refractivity contribution in [2.75, 3.05) is 28.0 Å². The van der Waals surface area contributed by atoms with E-state index in [0.29, 0.717) is 8.58 Å². The molecule has 0 aliphatic heterocycles. The molecular weight excluding hydrogens is 329 g/mol. The van der Waals surface area contributed by atoms with Crippen molar-refractivity contribution >= 4 is 13.9 Å². The summed E-state index contributed by atoms with van der Waals surface area (Å²) in [5, 5.41) is 1.47. The molecule has 0 aliphatic rings. The summed E-state index contributed by atoms with van der Waals surface area (Å²) in [6.45, 7) is 5.84. The molecule has 2 aromatic rings. The van der Waals surface area contributed by atoms with Crippen LogP contribution in [0.4, 0.5) is 0 Å².